The van der Waals surface area contributed by atoms with E-state index in [2.05, 4.69) is 10.2 Å². The maximum Gasteiger partial charge on any atom is 0.225 e. The highest BCUT2D eigenvalue weighted by molar-refractivity contribution is 5.95. The van der Waals surface area contributed by atoms with Crippen LogP contribution in [0.25, 0.3) is 0 Å². The first kappa shape index (κ1) is 19.2. The lowest BCUT2D eigenvalue weighted by molar-refractivity contribution is -0.128. The second-order valence-electron chi connectivity index (χ2n) is 7.26. The molecule has 0 saturated carbocycles. The highest BCUT2D eigenvalue weighted by Gasteiger charge is 2.23. The molecule has 1 aromatic carbocycles. The van der Waals surface area contributed by atoms with Crippen molar-refractivity contribution in [3.05, 3.63) is 24.3 Å². The van der Waals surface area contributed by atoms with E-state index in [1.807, 2.05) is 45.0 Å². The van der Waals surface area contributed by atoms with Gasteiger partial charge in [-0.3, -0.25) is 9.59 Å². The first-order chi connectivity index (χ1) is 11.8. The van der Waals surface area contributed by atoms with Gasteiger partial charge in [0.1, 0.15) is 0 Å². The summed E-state index contributed by atoms with van der Waals surface area (Å²) in [4.78, 5) is 28.2. The van der Waals surface area contributed by atoms with Crippen LogP contribution in [0.15, 0.2) is 24.3 Å². The van der Waals surface area contributed by atoms with Crippen LogP contribution in [0, 0.1) is 5.41 Å². The van der Waals surface area contributed by atoms with Gasteiger partial charge in [0, 0.05) is 38.5 Å². The Bertz CT molecular complexity index is 604. The molecule has 25 heavy (non-hydrogen) atoms. The lowest BCUT2D eigenvalue weighted by Gasteiger charge is -2.33. The van der Waals surface area contributed by atoms with Crippen molar-refractivity contribution in [1.82, 2.24) is 5.32 Å². The fourth-order valence-corrected chi connectivity index (χ4v) is 2.76. The molecule has 2 rings (SSSR count). The molecule has 1 heterocycles. The van der Waals surface area contributed by atoms with Crippen molar-refractivity contribution >= 4 is 23.2 Å². The molecule has 1 aromatic rings. The number of hydrogen-bond acceptors (Lipinski definition) is 4. The number of ether oxygens (including phenoxy) is 1. The Balaban J connectivity index is 2.12. The smallest absolute Gasteiger partial charge is 0.225 e. The summed E-state index contributed by atoms with van der Waals surface area (Å²) in [7, 11) is 0. The molecule has 1 fully saturated rings. The number of hydrogen-bond donors (Lipinski definition) is 1. The van der Waals surface area contributed by atoms with Crippen LogP contribution in [-0.4, -0.2) is 51.2 Å². The van der Waals surface area contributed by atoms with E-state index in [1.54, 1.807) is 11.8 Å². The highest BCUT2D eigenvalue weighted by atomic mass is 16.5. The average Bonchev–Trinajstić information content (AvgIpc) is 2.58. The van der Waals surface area contributed by atoms with Crippen LogP contribution in [0.3, 0.4) is 0 Å². The van der Waals surface area contributed by atoms with Crippen molar-refractivity contribution in [2.75, 3.05) is 49.2 Å². The number of carbonyl (C=O) groups is 2. The van der Waals surface area contributed by atoms with Crippen LogP contribution in [0.2, 0.25) is 0 Å². The zero-order valence-electron chi connectivity index (χ0n) is 15.7. The third kappa shape index (κ3) is 5.19. The number of carbonyl (C=O) groups excluding carboxylic acids is 2. The van der Waals surface area contributed by atoms with Crippen LogP contribution < -0.4 is 15.1 Å². The summed E-state index contributed by atoms with van der Waals surface area (Å²) < 4.78 is 5.42. The quantitative estimate of drug-likeness (QED) is 0.885. The topological polar surface area (TPSA) is 61.9 Å². The maximum absolute atomic E-state index is 12.2. The second kappa shape index (κ2) is 8.34. The zero-order chi connectivity index (χ0) is 18.4. The van der Waals surface area contributed by atoms with Gasteiger partial charge >= 0.3 is 0 Å². The SMILES string of the molecule is CC(=O)N(CCNC(=O)C(C)(C)C)c1ccccc1N1CCOCC1. The third-order valence-electron chi connectivity index (χ3n) is 4.21. The third-order valence-corrected chi connectivity index (χ3v) is 4.21. The molecular formula is C19H29N3O3. The molecule has 0 unspecified atom stereocenters. The first-order valence-electron chi connectivity index (χ1n) is 8.79. The standard InChI is InChI=1S/C19H29N3O3/c1-15(23)22(10-9-20-18(24)19(2,3)4)17-8-6-5-7-16(17)21-11-13-25-14-12-21/h5-8H,9-14H2,1-4H3,(H,20,24). The number of nitrogens with zero attached hydrogens (tertiary/aromatic N) is 2. The molecule has 138 valence electrons. The molecule has 0 aromatic heterocycles. The molecule has 1 aliphatic rings. The molecule has 0 spiro atoms. The van der Waals surface area contributed by atoms with Crippen molar-refractivity contribution in [1.29, 1.82) is 0 Å². The molecule has 0 atom stereocenters. The Labute approximate surface area is 150 Å². The summed E-state index contributed by atoms with van der Waals surface area (Å²) >= 11 is 0. The van der Waals surface area contributed by atoms with Gasteiger partial charge in [0.05, 0.1) is 24.6 Å². The Hall–Kier alpha value is -2.08. The zero-order valence-corrected chi connectivity index (χ0v) is 15.7. The van der Waals surface area contributed by atoms with Gasteiger partial charge in [0.15, 0.2) is 0 Å². The molecule has 2 amide bonds. The lowest BCUT2D eigenvalue weighted by Crippen LogP contribution is -2.42. The van der Waals surface area contributed by atoms with Crippen LogP contribution in [0.1, 0.15) is 27.7 Å². The van der Waals surface area contributed by atoms with Crippen molar-refractivity contribution in [2.24, 2.45) is 5.41 Å². The number of anilines is 2. The van der Waals surface area contributed by atoms with E-state index in [1.165, 1.54) is 0 Å². The summed E-state index contributed by atoms with van der Waals surface area (Å²) in [5.41, 5.74) is 1.47. The maximum atomic E-state index is 12.2. The molecule has 0 bridgehead atoms. The van der Waals surface area contributed by atoms with Crippen LogP contribution in [0.4, 0.5) is 11.4 Å². The molecule has 0 radical (unpaired) electrons. The van der Waals surface area contributed by atoms with Gasteiger partial charge in [0.2, 0.25) is 11.8 Å². The molecule has 6 heteroatoms. The van der Waals surface area contributed by atoms with E-state index in [0.717, 1.165) is 24.5 Å². The van der Waals surface area contributed by atoms with Gasteiger partial charge in [-0.15, -0.1) is 0 Å². The monoisotopic (exact) mass is 347 g/mol. The highest BCUT2D eigenvalue weighted by Crippen LogP contribution is 2.30. The van der Waals surface area contributed by atoms with Gasteiger partial charge < -0.3 is 19.9 Å². The Morgan fingerprint density at radius 3 is 2.44 bits per heavy atom. The van der Waals surface area contributed by atoms with E-state index >= 15 is 0 Å². The minimum atomic E-state index is -0.438. The summed E-state index contributed by atoms with van der Waals surface area (Å²) in [5.74, 6) is -0.0526. The lowest BCUT2D eigenvalue weighted by atomic mass is 9.96. The van der Waals surface area contributed by atoms with Gasteiger partial charge in [-0.1, -0.05) is 32.9 Å². The van der Waals surface area contributed by atoms with Crippen LogP contribution >= 0.6 is 0 Å². The van der Waals surface area contributed by atoms with Gasteiger partial charge in [-0.05, 0) is 12.1 Å². The summed E-state index contributed by atoms with van der Waals surface area (Å²) in [5, 5.41) is 2.91. The number of rotatable bonds is 5. The van der Waals surface area contributed by atoms with Crippen molar-refractivity contribution in [3.63, 3.8) is 0 Å². The Morgan fingerprint density at radius 2 is 1.84 bits per heavy atom. The van der Waals surface area contributed by atoms with Crippen LogP contribution in [0.5, 0.6) is 0 Å². The van der Waals surface area contributed by atoms with Gasteiger partial charge in [0.25, 0.3) is 0 Å². The Kier molecular flexibility index (Phi) is 6.42. The molecule has 6 nitrogen and oxygen atoms in total. The number of benzene rings is 1. The molecule has 1 N–H and O–H groups in total. The molecule has 1 saturated heterocycles. The minimum Gasteiger partial charge on any atom is -0.378 e. The fourth-order valence-electron chi connectivity index (χ4n) is 2.76. The summed E-state index contributed by atoms with van der Waals surface area (Å²) in [6.45, 7) is 11.0. The summed E-state index contributed by atoms with van der Waals surface area (Å²) in [6.07, 6.45) is 0. The largest absolute Gasteiger partial charge is 0.378 e. The van der Waals surface area contributed by atoms with Crippen LogP contribution in [-0.2, 0) is 14.3 Å². The predicted octanol–water partition coefficient (Wildman–Crippen LogP) is 2.04. The van der Waals surface area contributed by atoms with E-state index in [4.69, 9.17) is 4.74 Å². The molecular weight excluding hydrogens is 318 g/mol. The van der Waals surface area contributed by atoms with Crippen molar-refractivity contribution < 1.29 is 14.3 Å². The fraction of sp³-hybridized carbons (Fsp3) is 0.579. The number of morpholine rings is 1. The van der Waals surface area contributed by atoms with Gasteiger partial charge in [-0.25, -0.2) is 0 Å². The van der Waals surface area contributed by atoms with Crippen molar-refractivity contribution in [3.8, 4) is 0 Å². The van der Waals surface area contributed by atoms with Crippen molar-refractivity contribution in [2.45, 2.75) is 27.7 Å². The predicted molar refractivity (Wildman–Crippen MR) is 100.0 cm³/mol. The van der Waals surface area contributed by atoms with Gasteiger partial charge in [-0.2, -0.15) is 0 Å². The number of nitrogens with one attached hydrogen (secondary N) is 1. The molecule has 0 aliphatic carbocycles. The number of amides is 2. The van der Waals surface area contributed by atoms with E-state index in [9.17, 15) is 9.59 Å². The summed E-state index contributed by atoms with van der Waals surface area (Å²) in [6, 6.07) is 7.90. The van der Waals surface area contributed by atoms with E-state index in [0.29, 0.717) is 26.3 Å². The molecule has 1 aliphatic heterocycles. The normalized spacial score (nSPS) is 15.0. The second-order valence-corrected chi connectivity index (χ2v) is 7.26. The van der Waals surface area contributed by atoms with E-state index < -0.39 is 5.41 Å². The average molecular weight is 347 g/mol. The Morgan fingerprint density at radius 1 is 1.20 bits per heavy atom. The minimum absolute atomic E-state index is 0.0162. The van der Waals surface area contributed by atoms with E-state index in [-0.39, 0.29) is 11.8 Å². The number of para-hydroxylation sites is 2. The first-order valence-corrected chi connectivity index (χ1v) is 8.79.